The number of hydrogen-bond donors (Lipinski definition) is 2. The molecule has 116 valence electrons. The number of H-pyrrole nitrogens is 1. The molecule has 3 aromatic rings. The maximum absolute atomic E-state index is 12.1. The standard InChI is InChI=1S/C15H15IN4O.ClH/c16-10-1-2-12-11(7-10)15-18-14(21)8-13(20(15)19-12)9-3-5-17-6-4-9;/h1-2,7-9,17H,3-6H2,(H,18,21);1H. The van der Waals surface area contributed by atoms with Crippen LogP contribution in [0.2, 0.25) is 0 Å². The number of nitrogens with one attached hydrogen (secondary N) is 2. The van der Waals surface area contributed by atoms with Crippen molar-refractivity contribution in [1.82, 2.24) is 19.9 Å². The molecule has 5 nitrogen and oxygen atoms in total. The van der Waals surface area contributed by atoms with E-state index >= 15 is 0 Å². The van der Waals surface area contributed by atoms with E-state index in [-0.39, 0.29) is 18.0 Å². The molecule has 1 aromatic carbocycles. The van der Waals surface area contributed by atoms with Gasteiger partial charge in [0.25, 0.3) is 5.56 Å². The largest absolute Gasteiger partial charge is 0.317 e. The summed E-state index contributed by atoms with van der Waals surface area (Å²) < 4.78 is 3.07. The van der Waals surface area contributed by atoms with Gasteiger partial charge in [-0.15, -0.1) is 12.4 Å². The molecule has 22 heavy (non-hydrogen) atoms. The first-order chi connectivity index (χ1) is 10.2. The van der Waals surface area contributed by atoms with Crippen LogP contribution in [0.4, 0.5) is 0 Å². The number of halogens is 2. The molecule has 0 aliphatic carbocycles. The monoisotopic (exact) mass is 430 g/mol. The van der Waals surface area contributed by atoms with E-state index < -0.39 is 0 Å². The highest BCUT2D eigenvalue weighted by Crippen LogP contribution is 2.27. The first kappa shape index (κ1) is 15.8. The molecular weight excluding hydrogens is 415 g/mol. The van der Waals surface area contributed by atoms with Crippen molar-refractivity contribution in [2.45, 2.75) is 18.8 Å². The maximum Gasteiger partial charge on any atom is 0.251 e. The lowest BCUT2D eigenvalue weighted by Gasteiger charge is -2.23. The van der Waals surface area contributed by atoms with Crippen molar-refractivity contribution >= 4 is 51.5 Å². The normalized spacial score (nSPS) is 16.0. The molecule has 1 aliphatic rings. The SMILES string of the molecule is Cl.O=c1cc(C2CCNCC2)n2nc3ccc(I)cc3c2[nH]1. The fourth-order valence-corrected chi connectivity index (χ4v) is 3.61. The number of rotatable bonds is 1. The van der Waals surface area contributed by atoms with Crippen molar-refractivity contribution in [3.05, 3.63) is 43.9 Å². The van der Waals surface area contributed by atoms with Crippen molar-refractivity contribution in [3.8, 4) is 0 Å². The minimum Gasteiger partial charge on any atom is -0.317 e. The molecule has 0 atom stereocenters. The van der Waals surface area contributed by atoms with E-state index in [1.165, 1.54) is 0 Å². The zero-order valence-corrected chi connectivity index (χ0v) is 14.8. The van der Waals surface area contributed by atoms with Gasteiger partial charge in [-0.25, -0.2) is 4.52 Å². The lowest BCUT2D eigenvalue weighted by molar-refractivity contribution is 0.446. The second-order valence-corrected chi connectivity index (χ2v) is 6.75. The summed E-state index contributed by atoms with van der Waals surface area (Å²) in [6, 6.07) is 7.83. The van der Waals surface area contributed by atoms with Crippen molar-refractivity contribution in [2.24, 2.45) is 0 Å². The lowest BCUT2D eigenvalue weighted by Crippen LogP contribution is -2.28. The topological polar surface area (TPSA) is 62.2 Å². The fraction of sp³-hybridized carbons (Fsp3) is 0.333. The number of benzene rings is 1. The second kappa shape index (κ2) is 6.17. The molecule has 0 radical (unpaired) electrons. The molecule has 2 aromatic heterocycles. The van der Waals surface area contributed by atoms with Crippen LogP contribution in [0.15, 0.2) is 29.1 Å². The molecule has 1 aliphatic heterocycles. The summed E-state index contributed by atoms with van der Waals surface area (Å²) in [6.45, 7) is 2.00. The quantitative estimate of drug-likeness (QED) is 0.584. The minimum absolute atomic E-state index is 0. The van der Waals surface area contributed by atoms with Gasteiger partial charge in [0.1, 0.15) is 5.65 Å². The molecule has 4 rings (SSSR count). The third kappa shape index (κ3) is 2.63. The van der Waals surface area contributed by atoms with Crippen LogP contribution in [0.25, 0.3) is 16.6 Å². The molecule has 0 amide bonds. The van der Waals surface area contributed by atoms with Crippen LogP contribution in [0.3, 0.4) is 0 Å². The van der Waals surface area contributed by atoms with Crippen molar-refractivity contribution in [3.63, 3.8) is 0 Å². The molecule has 1 fully saturated rings. The number of aromatic amines is 1. The van der Waals surface area contributed by atoms with Crippen LogP contribution in [0.5, 0.6) is 0 Å². The third-order valence-corrected chi connectivity index (χ3v) is 4.83. The Hall–Kier alpha value is -1.12. The number of aromatic nitrogens is 3. The Morgan fingerprint density at radius 2 is 2.00 bits per heavy atom. The van der Waals surface area contributed by atoms with E-state index in [2.05, 4.69) is 39.0 Å². The Labute approximate surface area is 147 Å². The highest BCUT2D eigenvalue weighted by Gasteiger charge is 2.20. The molecule has 0 unspecified atom stereocenters. The van der Waals surface area contributed by atoms with E-state index in [9.17, 15) is 4.79 Å². The van der Waals surface area contributed by atoms with Crippen LogP contribution in [-0.2, 0) is 0 Å². The van der Waals surface area contributed by atoms with Gasteiger partial charge < -0.3 is 10.3 Å². The number of fused-ring (bicyclic) bond motifs is 3. The summed E-state index contributed by atoms with van der Waals surface area (Å²) in [5.74, 6) is 0.393. The predicted octanol–water partition coefficient (Wildman–Crippen LogP) is 2.67. The summed E-state index contributed by atoms with van der Waals surface area (Å²) in [7, 11) is 0. The molecule has 2 N–H and O–H groups in total. The molecule has 1 saturated heterocycles. The van der Waals surface area contributed by atoms with Crippen molar-refractivity contribution in [1.29, 1.82) is 0 Å². The van der Waals surface area contributed by atoms with Gasteiger partial charge in [0.2, 0.25) is 0 Å². The van der Waals surface area contributed by atoms with Gasteiger partial charge in [-0.3, -0.25) is 4.79 Å². The van der Waals surface area contributed by atoms with Crippen molar-refractivity contribution < 1.29 is 0 Å². The summed E-state index contributed by atoms with van der Waals surface area (Å²) in [5.41, 5.74) is 2.72. The van der Waals surface area contributed by atoms with Gasteiger partial charge in [0, 0.05) is 20.9 Å². The third-order valence-electron chi connectivity index (χ3n) is 4.16. The van der Waals surface area contributed by atoms with Gasteiger partial charge in [0.05, 0.1) is 11.2 Å². The Morgan fingerprint density at radius 1 is 1.23 bits per heavy atom. The van der Waals surface area contributed by atoms with Crippen LogP contribution >= 0.6 is 35.0 Å². The second-order valence-electron chi connectivity index (χ2n) is 5.50. The lowest BCUT2D eigenvalue weighted by atomic mass is 9.94. The predicted molar refractivity (Wildman–Crippen MR) is 98.1 cm³/mol. The number of piperidine rings is 1. The Balaban J connectivity index is 0.00000144. The summed E-state index contributed by atoms with van der Waals surface area (Å²) in [4.78, 5) is 15.0. The molecule has 0 spiro atoms. The van der Waals surface area contributed by atoms with E-state index in [1.807, 2.05) is 16.6 Å². The summed E-state index contributed by atoms with van der Waals surface area (Å²) in [6.07, 6.45) is 2.10. The molecule has 0 saturated carbocycles. The number of nitrogens with zero attached hydrogens (tertiary/aromatic N) is 2. The zero-order chi connectivity index (χ0) is 14.4. The molecular formula is C15H16ClIN4O. The summed E-state index contributed by atoms with van der Waals surface area (Å²) in [5, 5.41) is 9.07. The van der Waals surface area contributed by atoms with Gasteiger partial charge in [0.15, 0.2) is 0 Å². The molecule has 3 heterocycles. The highest BCUT2D eigenvalue weighted by molar-refractivity contribution is 14.1. The van der Waals surface area contributed by atoms with E-state index in [4.69, 9.17) is 5.10 Å². The molecule has 0 bridgehead atoms. The molecule has 7 heteroatoms. The summed E-state index contributed by atoms with van der Waals surface area (Å²) >= 11 is 2.28. The van der Waals surface area contributed by atoms with Crippen LogP contribution in [-0.4, -0.2) is 27.7 Å². The fourth-order valence-electron chi connectivity index (χ4n) is 3.12. The van der Waals surface area contributed by atoms with Crippen molar-refractivity contribution in [2.75, 3.05) is 13.1 Å². The number of hydrogen-bond acceptors (Lipinski definition) is 3. The van der Waals surface area contributed by atoms with Gasteiger partial charge >= 0.3 is 0 Å². The van der Waals surface area contributed by atoms with E-state index in [0.717, 1.165) is 51.7 Å². The van der Waals surface area contributed by atoms with Gasteiger partial charge in [-0.2, -0.15) is 5.10 Å². The van der Waals surface area contributed by atoms with Crippen LogP contribution in [0.1, 0.15) is 24.5 Å². The van der Waals surface area contributed by atoms with E-state index in [0.29, 0.717) is 5.92 Å². The van der Waals surface area contributed by atoms with Crippen LogP contribution in [0, 0.1) is 3.57 Å². The highest BCUT2D eigenvalue weighted by atomic mass is 127. The van der Waals surface area contributed by atoms with E-state index in [1.54, 1.807) is 6.07 Å². The average Bonchev–Trinajstić information content (AvgIpc) is 2.85. The average molecular weight is 431 g/mol. The Morgan fingerprint density at radius 3 is 2.77 bits per heavy atom. The van der Waals surface area contributed by atoms with Gasteiger partial charge in [-0.1, -0.05) is 0 Å². The zero-order valence-electron chi connectivity index (χ0n) is 11.8. The van der Waals surface area contributed by atoms with Crippen LogP contribution < -0.4 is 10.9 Å². The smallest absolute Gasteiger partial charge is 0.251 e. The Kier molecular flexibility index (Phi) is 4.42. The minimum atomic E-state index is -0.0447. The first-order valence-corrected chi connectivity index (χ1v) is 8.22. The Bertz CT molecular complexity index is 882. The first-order valence-electron chi connectivity index (χ1n) is 7.14. The van der Waals surface area contributed by atoms with Gasteiger partial charge in [-0.05, 0) is 66.7 Å². The maximum atomic E-state index is 12.1.